The largest absolute Gasteiger partial charge is 0.252 e. The quantitative estimate of drug-likeness (QED) is 0.835. The lowest BCUT2D eigenvalue weighted by Crippen LogP contribution is -2.35. The molecule has 0 unspecified atom stereocenters. The van der Waals surface area contributed by atoms with Gasteiger partial charge in [-0.15, -0.1) is 11.3 Å². The Kier molecular flexibility index (Phi) is 4.98. The van der Waals surface area contributed by atoms with Gasteiger partial charge in [0.2, 0.25) is 0 Å². The highest BCUT2D eigenvalue weighted by atomic mass is 32.2. The normalized spacial score (nSPS) is 24.2. The van der Waals surface area contributed by atoms with E-state index < -0.39 is 10.0 Å². The Hall–Kier alpha value is -0.0400. The van der Waals surface area contributed by atoms with Crippen molar-refractivity contribution in [2.24, 2.45) is 0 Å². The Morgan fingerprint density at radius 2 is 2.16 bits per heavy atom. The molecule has 1 saturated carbocycles. The van der Waals surface area contributed by atoms with Crippen LogP contribution in [0.3, 0.4) is 0 Å². The van der Waals surface area contributed by atoms with Crippen LogP contribution in [0.25, 0.3) is 0 Å². The third kappa shape index (κ3) is 3.35. The monoisotopic (exact) mass is 319 g/mol. The number of nitrogens with zero attached hydrogens (tertiary/aromatic N) is 1. The molecule has 1 aromatic rings. The first-order valence-electron chi connectivity index (χ1n) is 6.61. The van der Waals surface area contributed by atoms with Gasteiger partial charge in [0.25, 0.3) is 10.0 Å². The zero-order valence-corrected chi connectivity index (χ0v) is 14.1. The number of sulfonamides is 1. The van der Waals surface area contributed by atoms with Gasteiger partial charge in [-0.1, -0.05) is 6.92 Å². The fraction of sp³-hybridized carbons (Fsp3) is 0.692. The minimum absolute atomic E-state index is 0.163. The molecule has 0 aromatic carbocycles. The maximum Gasteiger partial charge on any atom is 0.252 e. The van der Waals surface area contributed by atoms with Crippen LogP contribution >= 0.6 is 23.1 Å². The van der Waals surface area contributed by atoms with Gasteiger partial charge in [-0.2, -0.15) is 16.1 Å². The second kappa shape index (κ2) is 6.16. The molecule has 2 atom stereocenters. The van der Waals surface area contributed by atoms with E-state index in [9.17, 15) is 8.42 Å². The summed E-state index contributed by atoms with van der Waals surface area (Å²) in [7, 11) is -1.57. The molecular formula is C13H21NO2S3. The molecule has 3 nitrogen and oxygen atoms in total. The molecule has 6 heteroatoms. The van der Waals surface area contributed by atoms with Crippen molar-refractivity contribution >= 4 is 33.1 Å². The summed E-state index contributed by atoms with van der Waals surface area (Å²) in [5.74, 6) is 1.11. The topological polar surface area (TPSA) is 37.4 Å². The van der Waals surface area contributed by atoms with E-state index in [1.54, 1.807) is 17.4 Å². The summed E-state index contributed by atoms with van der Waals surface area (Å²) in [6.45, 7) is 4.10. The van der Waals surface area contributed by atoms with Gasteiger partial charge < -0.3 is 0 Å². The highest BCUT2D eigenvalue weighted by Gasteiger charge is 2.34. The first kappa shape index (κ1) is 15.4. The van der Waals surface area contributed by atoms with E-state index in [1.807, 2.05) is 24.8 Å². The van der Waals surface area contributed by atoms with Crippen LogP contribution in [0.4, 0.5) is 0 Å². The van der Waals surface area contributed by atoms with Crippen LogP contribution in [0.1, 0.15) is 31.1 Å². The van der Waals surface area contributed by atoms with Crippen molar-refractivity contribution in [1.29, 1.82) is 0 Å². The van der Waals surface area contributed by atoms with Crippen molar-refractivity contribution in [3.63, 3.8) is 0 Å². The number of thioether (sulfide) groups is 1. The number of thiophene rings is 1. The third-order valence-corrected chi connectivity index (χ3v) is 8.23. The predicted molar refractivity (Wildman–Crippen MR) is 83.6 cm³/mol. The summed E-state index contributed by atoms with van der Waals surface area (Å²) in [6.07, 6.45) is 3.10. The molecule has 1 aliphatic carbocycles. The van der Waals surface area contributed by atoms with Gasteiger partial charge in [0.05, 0.1) is 0 Å². The molecule has 0 spiro atoms. The van der Waals surface area contributed by atoms with Crippen LogP contribution in [0.15, 0.2) is 16.3 Å². The van der Waals surface area contributed by atoms with Crippen LogP contribution in [0.2, 0.25) is 0 Å². The molecule has 19 heavy (non-hydrogen) atoms. The molecule has 0 radical (unpaired) electrons. The number of rotatable bonds is 5. The first-order valence-corrected chi connectivity index (χ1v) is 9.91. The third-order valence-electron chi connectivity index (χ3n) is 3.62. The highest BCUT2D eigenvalue weighted by molar-refractivity contribution is 7.99. The van der Waals surface area contributed by atoms with Crippen LogP contribution in [0.5, 0.6) is 0 Å². The molecule has 1 heterocycles. The smallest absolute Gasteiger partial charge is 0.206 e. The summed E-state index contributed by atoms with van der Waals surface area (Å²) in [5, 5.41) is 0.623. The van der Waals surface area contributed by atoms with Gasteiger partial charge in [0.15, 0.2) is 0 Å². The maximum atomic E-state index is 12.5. The Morgan fingerprint density at radius 3 is 2.74 bits per heavy atom. The van der Waals surface area contributed by atoms with Gasteiger partial charge >= 0.3 is 0 Å². The molecule has 0 bridgehead atoms. The Morgan fingerprint density at radius 1 is 1.42 bits per heavy atom. The zero-order chi connectivity index (χ0) is 14.0. The van der Waals surface area contributed by atoms with E-state index >= 15 is 0 Å². The minimum atomic E-state index is -3.30. The molecule has 108 valence electrons. The maximum absolute atomic E-state index is 12.5. The van der Waals surface area contributed by atoms with Crippen molar-refractivity contribution in [2.45, 2.75) is 48.6 Å². The van der Waals surface area contributed by atoms with Gasteiger partial charge in [0, 0.05) is 23.2 Å². The summed E-state index contributed by atoms with van der Waals surface area (Å²) in [5.41, 5.74) is 0. The second-order valence-corrected chi connectivity index (χ2v) is 10.0. The van der Waals surface area contributed by atoms with Gasteiger partial charge in [-0.05, 0) is 44.1 Å². The number of hydrogen-bond donors (Lipinski definition) is 0. The second-order valence-electron chi connectivity index (χ2n) is 4.93. The Balaban J connectivity index is 2.09. The molecule has 0 N–H and O–H groups in total. The molecule has 0 saturated heterocycles. The lowest BCUT2D eigenvalue weighted by molar-refractivity contribution is 0.374. The standard InChI is InChI=1S/C13H21NO2S3/c1-4-17-12-7-6-11(9-12)14(3)19(15,16)13-8-5-10(2)18-13/h5,8,11-12H,4,6-7,9H2,1-3H3/t11-,12-/m0/s1. The average molecular weight is 320 g/mol. The Bertz CT molecular complexity index is 524. The van der Waals surface area contributed by atoms with Crippen molar-refractivity contribution in [3.05, 3.63) is 17.0 Å². The molecule has 1 fully saturated rings. The fourth-order valence-electron chi connectivity index (χ4n) is 2.52. The minimum Gasteiger partial charge on any atom is -0.206 e. The highest BCUT2D eigenvalue weighted by Crippen LogP contribution is 2.35. The van der Waals surface area contributed by atoms with Crippen LogP contribution in [-0.2, 0) is 10.0 Å². The van der Waals surface area contributed by atoms with E-state index in [4.69, 9.17) is 0 Å². The van der Waals surface area contributed by atoms with Crippen molar-refractivity contribution in [1.82, 2.24) is 4.31 Å². The first-order chi connectivity index (χ1) is 8.95. The van der Waals surface area contributed by atoms with E-state index in [-0.39, 0.29) is 6.04 Å². The van der Waals surface area contributed by atoms with Crippen LogP contribution in [-0.4, -0.2) is 36.8 Å². The van der Waals surface area contributed by atoms with Crippen LogP contribution < -0.4 is 0 Å². The summed E-state index contributed by atoms with van der Waals surface area (Å²) in [6, 6.07) is 3.76. The van der Waals surface area contributed by atoms with Gasteiger partial charge in [-0.3, -0.25) is 0 Å². The predicted octanol–water partition coefficient (Wildman–Crippen LogP) is 3.35. The van der Waals surface area contributed by atoms with Crippen molar-refractivity contribution in [2.75, 3.05) is 12.8 Å². The SMILES string of the molecule is CCS[C@H]1CC[C@H](N(C)S(=O)(=O)c2ccc(C)s2)C1. The van der Waals surface area contributed by atoms with E-state index in [1.165, 1.54) is 11.3 Å². The van der Waals surface area contributed by atoms with Crippen molar-refractivity contribution in [3.8, 4) is 0 Å². The van der Waals surface area contributed by atoms with Gasteiger partial charge in [0.1, 0.15) is 4.21 Å². The molecule has 2 rings (SSSR count). The lowest BCUT2D eigenvalue weighted by Gasteiger charge is -2.23. The van der Waals surface area contributed by atoms with Gasteiger partial charge in [-0.25, -0.2) is 8.42 Å². The average Bonchev–Trinajstić information content (AvgIpc) is 2.98. The molecule has 1 aromatic heterocycles. The molecule has 1 aliphatic rings. The number of hydrogen-bond acceptors (Lipinski definition) is 4. The molecule has 0 aliphatic heterocycles. The van der Waals surface area contributed by atoms with Crippen LogP contribution in [0, 0.1) is 6.92 Å². The summed E-state index contributed by atoms with van der Waals surface area (Å²) in [4.78, 5) is 1.04. The van der Waals surface area contributed by atoms with E-state index in [0.29, 0.717) is 9.46 Å². The number of aryl methyl sites for hydroxylation is 1. The summed E-state index contributed by atoms with van der Waals surface area (Å²) < 4.78 is 27.1. The van der Waals surface area contributed by atoms with E-state index in [2.05, 4.69) is 6.92 Å². The fourth-order valence-corrected chi connectivity index (χ4v) is 6.52. The van der Waals surface area contributed by atoms with Crippen molar-refractivity contribution < 1.29 is 8.42 Å². The molecular weight excluding hydrogens is 298 g/mol. The zero-order valence-electron chi connectivity index (χ0n) is 11.6. The Labute approximate surface area is 124 Å². The summed E-state index contributed by atoms with van der Waals surface area (Å²) >= 11 is 3.31. The molecule has 0 amide bonds. The van der Waals surface area contributed by atoms with E-state index in [0.717, 1.165) is 29.9 Å². The lowest BCUT2D eigenvalue weighted by atomic mass is 10.3.